The zero-order chi connectivity index (χ0) is 24.9. The largest absolute Gasteiger partial charge is 0.492 e. The van der Waals surface area contributed by atoms with Crippen molar-refractivity contribution < 1.29 is 18.3 Å². The highest BCUT2D eigenvalue weighted by molar-refractivity contribution is 5.91. The monoisotopic (exact) mass is 487 g/mol. The van der Waals surface area contributed by atoms with Gasteiger partial charge in [0.05, 0.1) is 12.5 Å². The van der Waals surface area contributed by atoms with E-state index in [1.54, 1.807) is 12.1 Å². The molecule has 2 heterocycles. The van der Waals surface area contributed by atoms with E-state index in [1.165, 1.54) is 16.6 Å². The zero-order valence-electron chi connectivity index (χ0n) is 19.2. The number of benzene rings is 2. The molecule has 1 saturated carbocycles. The molecular formula is C24H27F2N5O4. The number of fused-ring (bicyclic) bond motifs is 1. The van der Waals surface area contributed by atoms with Crippen LogP contribution >= 0.6 is 0 Å². The van der Waals surface area contributed by atoms with Gasteiger partial charge < -0.3 is 25.9 Å². The molecule has 5 rings (SSSR count). The molecule has 1 saturated heterocycles. The fourth-order valence-electron chi connectivity index (χ4n) is 4.80. The van der Waals surface area contributed by atoms with Gasteiger partial charge in [-0.05, 0) is 31.0 Å². The lowest BCUT2D eigenvalue weighted by molar-refractivity contribution is 0.196. The van der Waals surface area contributed by atoms with Crippen LogP contribution < -0.4 is 37.2 Å². The summed E-state index contributed by atoms with van der Waals surface area (Å²) in [4.78, 5) is 27.0. The fraction of sp³-hybridized carbons (Fsp3) is 0.417. The molecule has 2 aromatic carbocycles. The second-order valence-corrected chi connectivity index (χ2v) is 9.07. The van der Waals surface area contributed by atoms with Gasteiger partial charge in [-0.1, -0.05) is 18.2 Å². The normalized spacial score (nSPS) is 20.9. The molecule has 35 heavy (non-hydrogen) atoms. The average Bonchev–Trinajstić information content (AvgIpc) is 3.62. The SMILES string of the molecule is COc1c(N2C[C@H]([C@@H](N)COc3ccccc3)[C@H](F)C2)c(F)cc2c(=O)n(N)c(=O)n(C3CC3)c12. The summed E-state index contributed by atoms with van der Waals surface area (Å²) >= 11 is 0. The summed E-state index contributed by atoms with van der Waals surface area (Å²) in [7, 11) is 1.33. The number of hydrogen-bond donors (Lipinski definition) is 2. The Balaban J connectivity index is 1.51. The predicted molar refractivity (Wildman–Crippen MR) is 128 cm³/mol. The van der Waals surface area contributed by atoms with E-state index in [0.717, 1.165) is 18.9 Å². The van der Waals surface area contributed by atoms with E-state index in [4.69, 9.17) is 21.1 Å². The van der Waals surface area contributed by atoms with E-state index in [9.17, 15) is 9.59 Å². The van der Waals surface area contributed by atoms with E-state index < -0.39 is 35.2 Å². The topological polar surface area (TPSA) is 118 Å². The summed E-state index contributed by atoms with van der Waals surface area (Å²) in [6.07, 6.45) is 0.0990. The van der Waals surface area contributed by atoms with Crippen LogP contribution in [0.5, 0.6) is 11.5 Å². The van der Waals surface area contributed by atoms with Crippen LogP contribution in [0.15, 0.2) is 46.0 Å². The van der Waals surface area contributed by atoms with Crippen molar-refractivity contribution in [3.63, 3.8) is 0 Å². The maximum Gasteiger partial charge on any atom is 0.350 e. The second-order valence-electron chi connectivity index (χ2n) is 9.07. The molecule has 3 atom stereocenters. The Kier molecular flexibility index (Phi) is 5.87. The molecule has 0 amide bonds. The van der Waals surface area contributed by atoms with Gasteiger partial charge in [-0.25, -0.2) is 13.6 Å². The van der Waals surface area contributed by atoms with Gasteiger partial charge in [0.15, 0.2) is 11.6 Å². The third-order valence-corrected chi connectivity index (χ3v) is 6.74. The van der Waals surface area contributed by atoms with Crippen molar-refractivity contribution in [3.8, 4) is 11.5 Å². The van der Waals surface area contributed by atoms with Crippen LogP contribution in [0, 0.1) is 11.7 Å². The number of nitrogen functional groups attached to an aromatic ring is 1. The lowest BCUT2D eigenvalue weighted by Crippen LogP contribution is -2.44. The number of halogens is 2. The van der Waals surface area contributed by atoms with E-state index in [-0.39, 0.29) is 48.1 Å². The van der Waals surface area contributed by atoms with Crippen molar-refractivity contribution in [2.45, 2.75) is 31.1 Å². The molecule has 11 heteroatoms. The number of aromatic nitrogens is 2. The molecule has 1 aromatic heterocycles. The average molecular weight is 488 g/mol. The molecule has 1 aliphatic carbocycles. The number of rotatable bonds is 7. The number of alkyl halides is 1. The van der Waals surface area contributed by atoms with Gasteiger partial charge >= 0.3 is 5.69 Å². The highest BCUT2D eigenvalue weighted by Gasteiger charge is 2.40. The minimum Gasteiger partial charge on any atom is -0.492 e. The van der Waals surface area contributed by atoms with Crippen LogP contribution in [0.25, 0.3) is 10.9 Å². The van der Waals surface area contributed by atoms with Crippen LogP contribution in [-0.4, -0.2) is 48.3 Å². The molecule has 0 bridgehead atoms. The molecule has 1 aliphatic heterocycles. The summed E-state index contributed by atoms with van der Waals surface area (Å²) in [5.74, 6) is 4.91. The minimum atomic E-state index is -1.34. The van der Waals surface area contributed by atoms with Crippen molar-refractivity contribution in [1.82, 2.24) is 9.24 Å². The molecule has 3 aromatic rings. The molecular weight excluding hydrogens is 460 g/mol. The zero-order valence-corrected chi connectivity index (χ0v) is 19.2. The van der Waals surface area contributed by atoms with Gasteiger partial charge in [0.2, 0.25) is 0 Å². The van der Waals surface area contributed by atoms with Crippen molar-refractivity contribution >= 4 is 16.6 Å². The van der Waals surface area contributed by atoms with Gasteiger partial charge in [-0.2, -0.15) is 4.68 Å². The molecule has 0 spiro atoms. The summed E-state index contributed by atoms with van der Waals surface area (Å²) in [6, 6.07) is 9.30. The van der Waals surface area contributed by atoms with E-state index in [0.29, 0.717) is 10.4 Å². The van der Waals surface area contributed by atoms with E-state index >= 15 is 8.78 Å². The first-order valence-corrected chi connectivity index (χ1v) is 11.5. The quantitative estimate of drug-likeness (QED) is 0.486. The first-order valence-electron chi connectivity index (χ1n) is 11.5. The molecule has 2 aliphatic rings. The summed E-state index contributed by atoms with van der Waals surface area (Å²) < 4.78 is 43.6. The number of ether oxygens (including phenoxy) is 2. The minimum absolute atomic E-state index is 0.00339. The van der Waals surface area contributed by atoms with Crippen LogP contribution in [0.2, 0.25) is 0 Å². The molecule has 186 valence electrons. The van der Waals surface area contributed by atoms with Gasteiger partial charge in [-0.3, -0.25) is 9.36 Å². The van der Waals surface area contributed by atoms with E-state index in [2.05, 4.69) is 0 Å². The summed E-state index contributed by atoms with van der Waals surface area (Å²) in [5, 5.41) is -0.0717. The highest BCUT2D eigenvalue weighted by atomic mass is 19.1. The first-order chi connectivity index (χ1) is 16.8. The van der Waals surface area contributed by atoms with Crippen LogP contribution in [0.1, 0.15) is 18.9 Å². The van der Waals surface area contributed by atoms with E-state index in [1.807, 2.05) is 18.2 Å². The van der Waals surface area contributed by atoms with Crippen molar-refractivity contribution in [2.75, 3.05) is 37.5 Å². The Morgan fingerprint density at radius 1 is 1.17 bits per heavy atom. The molecule has 4 N–H and O–H groups in total. The maximum atomic E-state index is 15.4. The van der Waals surface area contributed by atoms with Gasteiger partial charge in [0.25, 0.3) is 5.56 Å². The molecule has 9 nitrogen and oxygen atoms in total. The Morgan fingerprint density at radius 3 is 2.54 bits per heavy atom. The van der Waals surface area contributed by atoms with Crippen LogP contribution in [-0.2, 0) is 0 Å². The van der Waals surface area contributed by atoms with Gasteiger partial charge in [0.1, 0.15) is 29.7 Å². The van der Waals surface area contributed by atoms with Gasteiger partial charge in [0, 0.05) is 31.1 Å². The number of hydrogen-bond acceptors (Lipinski definition) is 7. The molecule has 2 fully saturated rings. The molecule has 0 radical (unpaired) electrons. The number of nitrogens with zero attached hydrogens (tertiary/aromatic N) is 3. The summed E-state index contributed by atoms with van der Waals surface area (Å²) in [5.41, 5.74) is 4.89. The Hall–Kier alpha value is -3.60. The lowest BCUT2D eigenvalue weighted by atomic mass is 9.99. The Labute approximate surface area is 199 Å². The number of para-hydroxylation sites is 1. The first kappa shape index (κ1) is 23.2. The molecule has 0 unspecified atom stereocenters. The fourth-order valence-corrected chi connectivity index (χ4v) is 4.80. The third kappa shape index (κ3) is 3.99. The van der Waals surface area contributed by atoms with Crippen molar-refractivity contribution in [2.24, 2.45) is 11.7 Å². The summed E-state index contributed by atoms with van der Waals surface area (Å²) in [6.45, 7) is 0.0858. The van der Waals surface area contributed by atoms with Crippen LogP contribution in [0.3, 0.4) is 0 Å². The van der Waals surface area contributed by atoms with Gasteiger partial charge in [-0.15, -0.1) is 0 Å². The van der Waals surface area contributed by atoms with Crippen molar-refractivity contribution in [3.05, 3.63) is 63.1 Å². The van der Waals surface area contributed by atoms with Crippen molar-refractivity contribution in [1.29, 1.82) is 0 Å². The highest BCUT2D eigenvalue weighted by Crippen LogP contribution is 2.43. The lowest BCUT2D eigenvalue weighted by Gasteiger charge is -2.25. The Bertz CT molecular complexity index is 1370. The predicted octanol–water partition coefficient (Wildman–Crippen LogP) is 1.54. The maximum absolute atomic E-state index is 15.4. The second kappa shape index (κ2) is 8.88. The third-order valence-electron chi connectivity index (χ3n) is 6.74. The number of nitrogens with two attached hydrogens (primary N) is 2. The van der Waals surface area contributed by atoms with Crippen LogP contribution in [0.4, 0.5) is 14.5 Å². The number of anilines is 1. The number of methoxy groups -OCH3 is 1. The Morgan fingerprint density at radius 2 is 1.89 bits per heavy atom. The smallest absolute Gasteiger partial charge is 0.350 e. The standard InChI is InChI=1S/C24H27F2N5O4/c1-34-22-20-15(23(32)31(28)24(33)30(20)13-7-8-13)9-17(25)21(22)29-10-16(18(26)11-29)19(27)12-35-14-5-3-2-4-6-14/h2-6,9,13,16,18-19H,7-8,10-12,27-28H2,1H3/t16-,18+,19-/m0/s1.